The molecule has 10 heteroatoms. The van der Waals surface area contributed by atoms with E-state index in [9.17, 15) is 13.2 Å². The molecule has 0 amide bonds. The molecule has 1 saturated heterocycles. The van der Waals surface area contributed by atoms with Crippen LogP contribution < -0.4 is 9.80 Å². The zero-order chi connectivity index (χ0) is 21.6. The van der Waals surface area contributed by atoms with Crippen LogP contribution in [0.1, 0.15) is 42.6 Å². The Morgan fingerprint density at radius 1 is 0.935 bits per heavy atom. The average Bonchev–Trinajstić information content (AvgIpc) is 3.59. The lowest BCUT2D eigenvalue weighted by atomic mass is 10.0. The van der Waals surface area contributed by atoms with Crippen LogP contribution in [0, 0.1) is 0 Å². The van der Waals surface area contributed by atoms with Crippen molar-refractivity contribution in [3.05, 3.63) is 35.7 Å². The first kappa shape index (κ1) is 20.4. The molecule has 0 atom stereocenters. The topological polar surface area (TPSA) is 61.3 Å². The van der Waals surface area contributed by atoms with Crippen molar-refractivity contribution in [3.63, 3.8) is 0 Å². The second-order valence-electron chi connectivity index (χ2n) is 8.73. The Balaban J connectivity index is 1.33. The lowest BCUT2D eigenvalue weighted by Crippen LogP contribution is -2.47. The van der Waals surface area contributed by atoms with E-state index in [2.05, 4.69) is 41.7 Å². The second-order valence-corrected chi connectivity index (χ2v) is 8.73. The summed E-state index contributed by atoms with van der Waals surface area (Å²) in [6, 6.07) is 1.54. The third kappa shape index (κ3) is 4.17. The molecule has 0 radical (unpaired) electrons. The number of aromatic nitrogens is 4. The number of hydrogen-bond donors (Lipinski definition) is 0. The van der Waals surface area contributed by atoms with Crippen molar-refractivity contribution in [2.45, 2.75) is 56.9 Å². The number of anilines is 2. The number of fused-ring (bicyclic) bond motifs is 1. The highest BCUT2D eigenvalue weighted by molar-refractivity contribution is 5.51. The minimum absolute atomic E-state index is 0.167. The highest BCUT2D eigenvalue weighted by atomic mass is 19.4. The molecule has 1 aliphatic carbocycles. The van der Waals surface area contributed by atoms with Crippen LogP contribution in [0.15, 0.2) is 18.7 Å². The normalized spacial score (nSPS) is 20.6. The van der Waals surface area contributed by atoms with Crippen LogP contribution in [0.2, 0.25) is 0 Å². The summed E-state index contributed by atoms with van der Waals surface area (Å²) >= 11 is 0. The number of alkyl halides is 3. The van der Waals surface area contributed by atoms with Gasteiger partial charge in [0.15, 0.2) is 0 Å². The van der Waals surface area contributed by atoms with E-state index < -0.39 is 11.9 Å². The quantitative estimate of drug-likeness (QED) is 0.735. The standard InChI is InChI=1S/C21H26F3N7/c1-29-7-6-17-16(11-29)20(28-12-25-17)30-8-4-15(5-9-30)31(14-2-3-14)19-10-18(21(22,23)24)26-13-27-19/h10,12-15H,2-9,11H2,1H3. The number of likely N-dealkylation sites (N-methyl/N-ethyl adjacent to an activating group) is 1. The molecule has 2 fully saturated rings. The van der Waals surface area contributed by atoms with Crippen molar-refractivity contribution in [2.75, 3.05) is 36.5 Å². The van der Waals surface area contributed by atoms with Crippen LogP contribution in [-0.4, -0.2) is 63.6 Å². The molecule has 2 aromatic rings. The summed E-state index contributed by atoms with van der Waals surface area (Å²) in [7, 11) is 2.11. The molecular formula is C21H26F3N7. The van der Waals surface area contributed by atoms with E-state index in [0.29, 0.717) is 5.82 Å². The average molecular weight is 433 g/mol. The summed E-state index contributed by atoms with van der Waals surface area (Å²) in [4.78, 5) is 23.4. The SMILES string of the molecule is CN1CCc2ncnc(N3CCC(N(c4cc(C(F)(F)F)ncn4)C4CC4)CC3)c2C1. The Bertz CT molecular complexity index is 939. The molecule has 0 aromatic carbocycles. The Kier molecular flexibility index (Phi) is 5.19. The fourth-order valence-corrected chi connectivity index (χ4v) is 4.76. The Labute approximate surface area is 179 Å². The molecular weight excluding hydrogens is 407 g/mol. The van der Waals surface area contributed by atoms with E-state index in [-0.39, 0.29) is 12.1 Å². The lowest BCUT2D eigenvalue weighted by Gasteiger charge is -2.41. The summed E-state index contributed by atoms with van der Waals surface area (Å²) < 4.78 is 39.5. The number of nitrogens with zero attached hydrogens (tertiary/aromatic N) is 7. The molecule has 166 valence electrons. The van der Waals surface area contributed by atoms with Crippen molar-refractivity contribution in [1.82, 2.24) is 24.8 Å². The molecule has 2 aromatic heterocycles. The molecule has 0 unspecified atom stereocenters. The van der Waals surface area contributed by atoms with E-state index in [1.54, 1.807) is 6.33 Å². The third-order valence-corrected chi connectivity index (χ3v) is 6.48. The molecule has 31 heavy (non-hydrogen) atoms. The van der Waals surface area contributed by atoms with Crippen molar-refractivity contribution < 1.29 is 13.2 Å². The fraction of sp³-hybridized carbons (Fsp3) is 0.619. The summed E-state index contributed by atoms with van der Waals surface area (Å²) in [5.41, 5.74) is 1.46. The van der Waals surface area contributed by atoms with Gasteiger partial charge in [-0.25, -0.2) is 19.9 Å². The molecule has 0 N–H and O–H groups in total. The van der Waals surface area contributed by atoms with Gasteiger partial charge in [0.25, 0.3) is 0 Å². The zero-order valence-corrected chi connectivity index (χ0v) is 17.5. The van der Waals surface area contributed by atoms with Crippen LogP contribution in [0.25, 0.3) is 0 Å². The summed E-state index contributed by atoms with van der Waals surface area (Å²) in [5.74, 6) is 1.40. The van der Waals surface area contributed by atoms with E-state index in [0.717, 1.165) is 82.2 Å². The minimum atomic E-state index is -4.46. The van der Waals surface area contributed by atoms with Crippen molar-refractivity contribution >= 4 is 11.6 Å². The van der Waals surface area contributed by atoms with Gasteiger partial charge < -0.3 is 14.7 Å². The molecule has 5 rings (SSSR count). The van der Waals surface area contributed by atoms with Crippen molar-refractivity contribution in [1.29, 1.82) is 0 Å². The summed E-state index contributed by atoms with van der Waals surface area (Å²) in [6.07, 6.45) is 2.87. The summed E-state index contributed by atoms with van der Waals surface area (Å²) in [6.45, 7) is 3.48. The fourth-order valence-electron chi connectivity index (χ4n) is 4.76. The number of rotatable bonds is 4. The molecule has 7 nitrogen and oxygen atoms in total. The highest BCUT2D eigenvalue weighted by Gasteiger charge is 2.39. The maximum Gasteiger partial charge on any atom is 0.433 e. The van der Waals surface area contributed by atoms with Gasteiger partial charge in [-0.2, -0.15) is 13.2 Å². The number of piperidine rings is 1. The first-order valence-electron chi connectivity index (χ1n) is 10.8. The van der Waals surface area contributed by atoms with Crippen LogP contribution in [0.5, 0.6) is 0 Å². The van der Waals surface area contributed by atoms with Crippen LogP contribution in [0.3, 0.4) is 0 Å². The predicted molar refractivity (Wildman–Crippen MR) is 110 cm³/mol. The molecule has 2 aliphatic heterocycles. The van der Waals surface area contributed by atoms with Crippen molar-refractivity contribution in [2.24, 2.45) is 0 Å². The zero-order valence-electron chi connectivity index (χ0n) is 17.5. The first-order valence-corrected chi connectivity index (χ1v) is 10.8. The van der Waals surface area contributed by atoms with Gasteiger partial charge in [-0.3, -0.25) is 0 Å². The van der Waals surface area contributed by atoms with Gasteiger partial charge in [-0.15, -0.1) is 0 Å². The van der Waals surface area contributed by atoms with Crippen LogP contribution >= 0.6 is 0 Å². The van der Waals surface area contributed by atoms with Gasteiger partial charge in [-0.05, 0) is 32.7 Å². The molecule has 0 spiro atoms. The van der Waals surface area contributed by atoms with E-state index >= 15 is 0 Å². The van der Waals surface area contributed by atoms with Crippen LogP contribution in [0.4, 0.5) is 24.8 Å². The maximum absolute atomic E-state index is 13.2. The molecule has 0 bridgehead atoms. The first-order chi connectivity index (χ1) is 14.9. The minimum Gasteiger partial charge on any atom is -0.356 e. The Hall–Kier alpha value is -2.49. The van der Waals surface area contributed by atoms with Crippen molar-refractivity contribution in [3.8, 4) is 0 Å². The number of hydrogen-bond acceptors (Lipinski definition) is 7. The predicted octanol–water partition coefficient (Wildman–Crippen LogP) is 2.91. The van der Waals surface area contributed by atoms with E-state index in [4.69, 9.17) is 0 Å². The Morgan fingerprint density at radius 2 is 1.65 bits per heavy atom. The largest absolute Gasteiger partial charge is 0.433 e. The van der Waals surface area contributed by atoms with Gasteiger partial charge in [0.2, 0.25) is 0 Å². The number of halogens is 3. The summed E-state index contributed by atoms with van der Waals surface area (Å²) in [5, 5.41) is 0. The third-order valence-electron chi connectivity index (χ3n) is 6.48. The van der Waals surface area contributed by atoms with Gasteiger partial charge in [0.05, 0.1) is 5.69 Å². The van der Waals surface area contributed by atoms with Gasteiger partial charge in [-0.1, -0.05) is 0 Å². The molecule has 3 aliphatic rings. The van der Waals surface area contributed by atoms with Gasteiger partial charge >= 0.3 is 6.18 Å². The lowest BCUT2D eigenvalue weighted by molar-refractivity contribution is -0.141. The highest BCUT2D eigenvalue weighted by Crippen LogP contribution is 2.38. The molecule has 1 saturated carbocycles. The maximum atomic E-state index is 13.2. The monoisotopic (exact) mass is 433 g/mol. The van der Waals surface area contributed by atoms with E-state index in [1.807, 2.05) is 0 Å². The van der Waals surface area contributed by atoms with Gasteiger partial charge in [0, 0.05) is 56.3 Å². The second kappa shape index (κ2) is 7.89. The Morgan fingerprint density at radius 3 is 2.35 bits per heavy atom. The molecule has 4 heterocycles. The van der Waals surface area contributed by atoms with Crippen LogP contribution in [-0.2, 0) is 19.1 Å². The smallest absolute Gasteiger partial charge is 0.356 e. The van der Waals surface area contributed by atoms with Gasteiger partial charge in [0.1, 0.15) is 30.0 Å². The van der Waals surface area contributed by atoms with E-state index in [1.165, 1.54) is 5.56 Å².